The minimum atomic E-state index is -1.30. The van der Waals surface area contributed by atoms with Gasteiger partial charge in [-0.3, -0.25) is 10.1 Å². The highest BCUT2D eigenvalue weighted by molar-refractivity contribution is 5.95. The van der Waals surface area contributed by atoms with Crippen LogP contribution in [-0.2, 0) is 4.74 Å². The second-order valence-corrected chi connectivity index (χ2v) is 4.73. The van der Waals surface area contributed by atoms with Crippen LogP contribution < -0.4 is 5.32 Å². The van der Waals surface area contributed by atoms with Crippen LogP contribution >= 0.6 is 0 Å². The number of nitrogens with zero attached hydrogens (tertiary/aromatic N) is 1. The van der Waals surface area contributed by atoms with Crippen molar-refractivity contribution < 1.29 is 19.6 Å². The molecule has 1 aromatic rings. The molecule has 1 atom stereocenters. The molecular formula is C13H16N2O5. The van der Waals surface area contributed by atoms with E-state index in [1.165, 1.54) is 18.2 Å². The molecule has 0 spiro atoms. The molecule has 1 aliphatic rings. The van der Waals surface area contributed by atoms with E-state index >= 15 is 0 Å². The first-order valence-electron chi connectivity index (χ1n) is 6.42. The van der Waals surface area contributed by atoms with Gasteiger partial charge in [-0.2, -0.15) is 0 Å². The zero-order valence-electron chi connectivity index (χ0n) is 10.9. The molecular weight excluding hydrogens is 264 g/mol. The number of nitro benzene ring substituents is 1. The highest BCUT2D eigenvalue weighted by Gasteiger charge is 2.24. The number of ether oxygens (including phenoxy) is 1. The summed E-state index contributed by atoms with van der Waals surface area (Å²) in [6, 6.07) is 4.25. The number of carbonyl (C=O) groups is 1. The Bertz CT molecular complexity index is 511. The predicted molar refractivity (Wildman–Crippen MR) is 72.1 cm³/mol. The molecule has 2 rings (SSSR count). The standard InChI is InChI=1S/C13H16N2O5/c16-13(17)10-4-1-5-11(12(10)15(18)19)14-7-9-3-2-6-20-8-9/h1,4-5,9,14H,2-3,6-8H2,(H,16,17). The molecule has 0 aliphatic carbocycles. The molecule has 0 aromatic heterocycles. The van der Waals surface area contributed by atoms with E-state index in [2.05, 4.69) is 5.32 Å². The van der Waals surface area contributed by atoms with Crippen LogP contribution in [-0.4, -0.2) is 35.8 Å². The Labute approximate surface area is 115 Å². The maximum atomic E-state index is 11.1. The summed E-state index contributed by atoms with van der Waals surface area (Å²) in [6.45, 7) is 1.91. The Morgan fingerprint density at radius 2 is 2.35 bits per heavy atom. The number of rotatable bonds is 5. The highest BCUT2D eigenvalue weighted by atomic mass is 16.6. The predicted octanol–water partition coefficient (Wildman–Crippen LogP) is 2.13. The van der Waals surface area contributed by atoms with Gasteiger partial charge in [0.25, 0.3) is 0 Å². The molecule has 1 aliphatic heterocycles. The highest BCUT2D eigenvalue weighted by Crippen LogP contribution is 2.29. The molecule has 0 radical (unpaired) electrons. The molecule has 1 heterocycles. The second kappa shape index (κ2) is 6.33. The third-order valence-corrected chi connectivity index (χ3v) is 3.28. The fourth-order valence-corrected chi connectivity index (χ4v) is 2.28. The lowest BCUT2D eigenvalue weighted by Gasteiger charge is -2.22. The van der Waals surface area contributed by atoms with Gasteiger partial charge < -0.3 is 15.2 Å². The Morgan fingerprint density at radius 3 is 2.95 bits per heavy atom. The van der Waals surface area contributed by atoms with Crippen molar-refractivity contribution >= 4 is 17.3 Å². The van der Waals surface area contributed by atoms with Crippen LogP contribution in [0.5, 0.6) is 0 Å². The van der Waals surface area contributed by atoms with E-state index < -0.39 is 16.6 Å². The van der Waals surface area contributed by atoms with Gasteiger partial charge in [-0.05, 0) is 30.9 Å². The molecule has 108 valence electrons. The summed E-state index contributed by atoms with van der Waals surface area (Å²) in [5.74, 6) is -1.02. The summed E-state index contributed by atoms with van der Waals surface area (Å²) in [6.07, 6.45) is 1.98. The quantitative estimate of drug-likeness (QED) is 0.632. The Morgan fingerprint density at radius 1 is 1.55 bits per heavy atom. The fourth-order valence-electron chi connectivity index (χ4n) is 2.28. The van der Waals surface area contributed by atoms with Crippen molar-refractivity contribution in [2.45, 2.75) is 12.8 Å². The Hall–Kier alpha value is -2.15. The summed E-state index contributed by atoms with van der Waals surface area (Å²) in [5.41, 5.74) is -0.461. The van der Waals surface area contributed by atoms with E-state index in [4.69, 9.17) is 9.84 Å². The first-order valence-corrected chi connectivity index (χ1v) is 6.42. The van der Waals surface area contributed by atoms with Gasteiger partial charge >= 0.3 is 11.7 Å². The number of aromatic carboxylic acids is 1. The van der Waals surface area contributed by atoms with Crippen molar-refractivity contribution in [3.05, 3.63) is 33.9 Å². The van der Waals surface area contributed by atoms with E-state index in [0.717, 1.165) is 19.4 Å². The van der Waals surface area contributed by atoms with Gasteiger partial charge in [0.2, 0.25) is 0 Å². The molecule has 1 fully saturated rings. The number of nitro groups is 1. The van der Waals surface area contributed by atoms with Crippen molar-refractivity contribution in [2.75, 3.05) is 25.1 Å². The summed E-state index contributed by atoms with van der Waals surface area (Å²) in [7, 11) is 0. The minimum absolute atomic E-state index is 0.237. The zero-order chi connectivity index (χ0) is 14.5. The maximum Gasteiger partial charge on any atom is 0.342 e. The van der Waals surface area contributed by atoms with Crippen molar-refractivity contribution in [1.82, 2.24) is 0 Å². The number of carboxylic acids is 1. The van der Waals surface area contributed by atoms with Gasteiger partial charge in [0.05, 0.1) is 11.5 Å². The van der Waals surface area contributed by atoms with Crippen molar-refractivity contribution in [3.63, 3.8) is 0 Å². The molecule has 1 unspecified atom stereocenters. The second-order valence-electron chi connectivity index (χ2n) is 4.73. The number of carboxylic acid groups (broad SMARTS) is 1. The van der Waals surface area contributed by atoms with E-state index in [1.54, 1.807) is 0 Å². The van der Waals surface area contributed by atoms with E-state index in [1.807, 2.05) is 0 Å². The van der Waals surface area contributed by atoms with Gasteiger partial charge in [0.15, 0.2) is 0 Å². The normalized spacial score (nSPS) is 18.5. The minimum Gasteiger partial charge on any atom is -0.477 e. The van der Waals surface area contributed by atoms with Crippen LogP contribution in [0.4, 0.5) is 11.4 Å². The Kier molecular flexibility index (Phi) is 4.52. The maximum absolute atomic E-state index is 11.1. The number of hydrogen-bond donors (Lipinski definition) is 2. The molecule has 2 N–H and O–H groups in total. The van der Waals surface area contributed by atoms with E-state index in [9.17, 15) is 14.9 Å². The van der Waals surface area contributed by atoms with Gasteiger partial charge in [-0.25, -0.2) is 4.79 Å². The number of anilines is 1. The van der Waals surface area contributed by atoms with Crippen LogP contribution in [0.25, 0.3) is 0 Å². The summed E-state index contributed by atoms with van der Waals surface area (Å²) < 4.78 is 5.34. The van der Waals surface area contributed by atoms with E-state index in [-0.39, 0.29) is 17.2 Å². The first kappa shape index (κ1) is 14.3. The molecule has 0 saturated carbocycles. The van der Waals surface area contributed by atoms with E-state index in [0.29, 0.717) is 13.2 Å². The monoisotopic (exact) mass is 280 g/mol. The smallest absolute Gasteiger partial charge is 0.342 e. The lowest BCUT2D eigenvalue weighted by atomic mass is 10.0. The Balaban J connectivity index is 2.16. The first-order chi connectivity index (χ1) is 9.59. The molecule has 20 heavy (non-hydrogen) atoms. The van der Waals surface area contributed by atoms with Crippen LogP contribution in [0, 0.1) is 16.0 Å². The summed E-state index contributed by atoms with van der Waals surface area (Å²) >= 11 is 0. The number of nitrogens with one attached hydrogen (secondary N) is 1. The lowest BCUT2D eigenvalue weighted by molar-refractivity contribution is -0.384. The summed E-state index contributed by atoms with van der Waals surface area (Å²) in [4.78, 5) is 21.4. The van der Waals surface area contributed by atoms with Gasteiger partial charge in [-0.15, -0.1) is 0 Å². The van der Waals surface area contributed by atoms with Crippen molar-refractivity contribution in [3.8, 4) is 0 Å². The molecule has 1 aromatic carbocycles. The molecule has 0 bridgehead atoms. The zero-order valence-corrected chi connectivity index (χ0v) is 10.9. The van der Waals surface area contributed by atoms with Crippen LogP contribution in [0.2, 0.25) is 0 Å². The average Bonchev–Trinajstić information content (AvgIpc) is 2.45. The third kappa shape index (κ3) is 3.24. The largest absolute Gasteiger partial charge is 0.477 e. The lowest BCUT2D eigenvalue weighted by Crippen LogP contribution is -2.24. The van der Waals surface area contributed by atoms with Crippen LogP contribution in [0.3, 0.4) is 0 Å². The third-order valence-electron chi connectivity index (χ3n) is 3.28. The van der Waals surface area contributed by atoms with Crippen LogP contribution in [0.15, 0.2) is 18.2 Å². The number of hydrogen-bond acceptors (Lipinski definition) is 5. The molecule has 7 nitrogen and oxygen atoms in total. The van der Waals surface area contributed by atoms with Crippen LogP contribution in [0.1, 0.15) is 23.2 Å². The van der Waals surface area contributed by atoms with Crippen molar-refractivity contribution in [2.24, 2.45) is 5.92 Å². The molecule has 1 saturated heterocycles. The van der Waals surface area contributed by atoms with Crippen molar-refractivity contribution in [1.29, 1.82) is 0 Å². The summed E-state index contributed by atoms with van der Waals surface area (Å²) in [5, 5.41) is 23.1. The average molecular weight is 280 g/mol. The number of para-hydroxylation sites is 1. The number of benzene rings is 1. The topological polar surface area (TPSA) is 102 Å². The molecule has 0 amide bonds. The molecule has 7 heteroatoms. The SMILES string of the molecule is O=C(O)c1cccc(NCC2CCCOC2)c1[N+](=O)[O-]. The fraction of sp³-hybridized carbons (Fsp3) is 0.462. The van der Waals surface area contributed by atoms with Gasteiger partial charge in [-0.1, -0.05) is 6.07 Å². The van der Waals surface area contributed by atoms with Gasteiger partial charge in [0.1, 0.15) is 11.3 Å². The van der Waals surface area contributed by atoms with Gasteiger partial charge in [0, 0.05) is 13.2 Å².